The number of methoxy groups -OCH3 is 1. The second-order valence-electron chi connectivity index (χ2n) is 44.0. The number of likely N-dealkylation sites (N-methyl/N-ethyl adjacent to an activating group) is 2. The van der Waals surface area contributed by atoms with Gasteiger partial charge in [-0.15, -0.1) is 0 Å². The van der Waals surface area contributed by atoms with Crippen LogP contribution in [0.4, 0.5) is 85.3 Å². The number of carbonyl (C=O) groups is 5. The van der Waals surface area contributed by atoms with Crippen LogP contribution in [0.1, 0.15) is 297 Å². The van der Waals surface area contributed by atoms with Crippen molar-refractivity contribution in [2.24, 2.45) is 23.7 Å². The number of nitrogens with one attached hydrogen (secondary N) is 7. The van der Waals surface area contributed by atoms with Gasteiger partial charge < -0.3 is 64.4 Å². The van der Waals surface area contributed by atoms with E-state index in [2.05, 4.69) is 166 Å². The van der Waals surface area contributed by atoms with Crippen LogP contribution in [0.25, 0.3) is 0 Å². The van der Waals surface area contributed by atoms with Gasteiger partial charge in [-0.25, -0.2) is 0 Å². The zero-order valence-corrected chi connectivity index (χ0v) is 87.0. The van der Waals surface area contributed by atoms with Gasteiger partial charge in [0, 0.05) is 218 Å². The molecule has 8 saturated heterocycles. The number of nitrogens with zero attached hydrogens (tertiary/aromatic N) is 10. The van der Waals surface area contributed by atoms with Crippen molar-refractivity contribution in [3.63, 3.8) is 0 Å². The Morgan fingerprint density at radius 3 is 0.926 bits per heavy atom. The van der Waals surface area contributed by atoms with E-state index in [1.165, 1.54) is 113 Å². The van der Waals surface area contributed by atoms with Crippen molar-refractivity contribution in [2.45, 2.75) is 161 Å². The van der Waals surface area contributed by atoms with E-state index in [1.54, 1.807) is 7.11 Å². The number of rotatable bonds is 15. The SMILES string of the molecule is CC1CCN(c2cc(N3CCN(C)CC3)c3c4c2C(=O)c2ccccc2C4ON3)CC1.CCC1CCN(c2cc(N3CCC(C)CC3)c3c4c2NOC4c2ccccc2C3=O)CC1.CCNc1cc(N2CCCC(C)C2)c2c3c1C(=O)c1ccccc1C3ON2.CN1CCN(c2cc(N3CCCCC3)c3c4c2NOC4c2ccccc2C3=O)CC1.COCCNc1cc(N2CCCCC2)c2c3c1C(=O)c1ccccc1C3ON2. The molecular formula is C120H141N17O11. The molecule has 0 spiro atoms. The maximum absolute atomic E-state index is 13.8. The lowest BCUT2D eigenvalue weighted by Crippen LogP contribution is -2.45. The van der Waals surface area contributed by atoms with Gasteiger partial charge in [-0.2, -0.15) is 0 Å². The monoisotopic (exact) mass is 2000 g/mol. The van der Waals surface area contributed by atoms with Gasteiger partial charge in [0.15, 0.2) is 28.9 Å². The summed E-state index contributed by atoms with van der Waals surface area (Å²) in [7, 11) is 6.04. The Balaban J connectivity index is 0.0000000989. The minimum atomic E-state index is -0.258. The number of piperazine rings is 2. The molecule has 7 N–H and O–H groups in total. The van der Waals surface area contributed by atoms with Crippen LogP contribution in [0.5, 0.6) is 0 Å². The van der Waals surface area contributed by atoms with Crippen molar-refractivity contribution in [1.29, 1.82) is 0 Å². The molecule has 13 aliphatic heterocycles. The first kappa shape index (κ1) is 97.3. The maximum atomic E-state index is 13.8. The predicted molar refractivity (Wildman–Crippen MR) is 587 cm³/mol. The molecule has 0 aromatic heterocycles. The van der Waals surface area contributed by atoms with Crippen molar-refractivity contribution in [1.82, 2.24) is 9.80 Å². The number of ether oxygens (including phenoxy) is 1. The van der Waals surface area contributed by atoms with Gasteiger partial charge in [0.25, 0.3) is 0 Å². The molecule has 0 saturated carbocycles. The highest BCUT2D eigenvalue weighted by atomic mass is 16.7. The van der Waals surface area contributed by atoms with Crippen molar-refractivity contribution >= 4 is 114 Å². The second-order valence-corrected chi connectivity index (χ2v) is 44.0. The van der Waals surface area contributed by atoms with E-state index in [-0.39, 0.29) is 59.4 Å². The summed E-state index contributed by atoms with van der Waals surface area (Å²) in [6.07, 6.45) is 17.0. The van der Waals surface area contributed by atoms with E-state index < -0.39 is 0 Å². The Morgan fingerprint density at radius 1 is 0.304 bits per heavy atom. The molecule has 6 unspecified atom stereocenters. The first-order valence-corrected chi connectivity index (χ1v) is 55.1. The van der Waals surface area contributed by atoms with E-state index in [0.717, 1.165) is 335 Å². The average Bonchev–Trinajstić information content (AvgIpc) is 1.52. The van der Waals surface area contributed by atoms with Gasteiger partial charge in [-0.05, 0) is 193 Å². The molecule has 148 heavy (non-hydrogen) atoms. The van der Waals surface area contributed by atoms with Crippen LogP contribution in [0.15, 0.2) is 152 Å². The summed E-state index contributed by atoms with van der Waals surface area (Å²) in [6, 6.07) is 50.4. The summed E-state index contributed by atoms with van der Waals surface area (Å²) in [5.74, 6) is 3.54. The molecule has 5 aliphatic carbocycles. The summed E-state index contributed by atoms with van der Waals surface area (Å²) >= 11 is 0. The fourth-order valence-electron chi connectivity index (χ4n) is 26.4. The molecule has 0 amide bonds. The van der Waals surface area contributed by atoms with Crippen LogP contribution >= 0.6 is 0 Å². The van der Waals surface area contributed by atoms with Crippen LogP contribution in [-0.4, -0.2) is 211 Å². The molecule has 772 valence electrons. The molecule has 13 heterocycles. The molecule has 8 fully saturated rings. The minimum Gasteiger partial charge on any atom is -0.385 e. The summed E-state index contributed by atoms with van der Waals surface area (Å²) < 4.78 is 5.20. The van der Waals surface area contributed by atoms with E-state index in [0.29, 0.717) is 19.1 Å². The Bertz CT molecular complexity index is 6800. The highest BCUT2D eigenvalue weighted by Crippen LogP contribution is 2.60. The number of piperidine rings is 6. The van der Waals surface area contributed by atoms with Crippen molar-refractivity contribution < 1.29 is 52.9 Å². The normalized spacial score (nSPS) is 22.6. The number of anilines is 15. The standard InChI is InChI=1S/C27H33N3O2.C25H30N4O2.C24H28N4O2.C22H25N3O3.C22H25N3O2/c1-3-18-10-14-30(15-11-18)22-16-21(29-12-8-17(2)9-13-29)23-24-25(22)28-32-27(24)20-7-5-4-6-19(20)26(23)31;1-16-7-9-28(10-8-16)19-15-20(29-13-11-27(2)12-14-29)23-22-21(19)24(30)17-5-3-4-6-18(17)25(22)31-26-23;1-26-11-13-28(14-12-26)19-15-18(27-9-5-2-6-10-27)20-21-22(19)25-30-24(21)17-8-4-3-7-16(17)23(20)29;1-27-12-9-23-16-13-17(25-10-5-2-6-11-25)20-19-18(16)21(26)14-7-3-4-8-15(14)22(19)28-24-20;1-3-23-16-11-17(25-10-6-7-13(2)12-25)20-19-18(16)21(26)14-8-4-5-9-15(14)22(19)27-24-20/h4-7,16-18,27-28H,3,8-15H2,1-2H3;3-6,15-16,25-26H,7-14H2,1-2H3;3-4,7-8,15,24-25H,2,5-6,9-14H2,1H3;3-4,7-8,13,22-24H,2,5-6,9-12H2,1H3;4-5,8-9,11,13,22-24H,3,6-7,10,12H2,1-2H3. The summed E-state index contributed by atoms with van der Waals surface area (Å²) in [5.41, 5.74) is 49.6. The number of fused-ring (bicyclic) bond motifs is 10. The quantitative estimate of drug-likeness (QED) is 0.0471. The smallest absolute Gasteiger partial charge is 0.195 e. The zero-order chi connectivity index (χ0) is 101. The molecule has 0 bridgehead atoms. The molecule has 0 radical (unpaired) electrons. The third-order valence-electron chi connectivity index (χ3n) is 34.8. The highest BCUT2D eigenvalue weighted by molar-refractivity contribution is 6.22. The lowest BCUT2D eigenvalue weighted by Gasteiger charge is -2.38. The van der Waals surface area contributed by atoms with Crippen molar-refractivity contribution in [3.8, 4) is 0 Å². The average molecular weight is 2000 g/mol. The number of ketones is 5. The van der Waals surface area contributed by atoms with Crippen LogP contribution in [0.3, 0.4) is 0 Å². The molecule has 28 rings (SSSR count). The van der Waals surface area contributed by atoms with Gasteiger partial charge in [-0.3, -0.25) is 75.6 Å². The lowest BCUT2D eigenvalue weighted by atomic mass is 9.80. The highest BCUT2D eigenvalue weighted by Gasteiger charge is 2.50. The van der Waals surface area contributed by atoms with Crippen LogP contribution < -0.4 is 77.2 Å². The van der Waals surface area contributed by atoms with Gasteiger partial charge in [0.2, 0.25) is 0 Å². The largest absolute Gasteiger partial charge is 0.385 e. The van der Waals surface area contributed by atoms with Crippen LogP contribution in [0.2, 0.25) is 0 Å². The molecule has 10 aromatic carbocycles. The second kappa shape index (κ2) is 41.3. The van der Waals surface area contributed by atoms with Crippen LogP contribution in [-0.2, 0) is 28.9 Å². The molecule has 6 atom stereocenters. The summed E-state index contributed by atoms with van der Waals surface area (Å²) in [5, 5.41) is 6.87. The number of hydrogen-bond acceptors (Lipinski definition) is 28. The Hall–Kier alpha value is -12.8. The van der Waals surface area contributed by atoms with E-state index >= 15 is 0 Å². The molecule has 18 aliphatic rings. The predicted octanol–water partition coefficient (Wildman–Crippen LogP) is 20.7. The van der Waals surface area contributed by atoms with Gasteiger partial charge >= 0.3 is 0 Å². The van der Waals surface area contributed by atoms with Gasteiger partial charge in [-0.1, -0.05) is 155 Å². The summed E-state index contributed by atoms with van der Waals surface area (Å²) in [4.78, 5) is 123. The third kappa shape index (κ3) is 17.5. The molecule has 28 heteroatoms. The van der Waals surface area contributed by atoms with E-state index in [9.17, 15) is 24.0 Å². The Morgan fingerprint density at radius 2 is 0.588 bits per heavy atom. The van der Waals surface area contributed by atoms with Crippen molar-refractivity contribution in [2.75, 3.05) is 249 Å². The molecule has 28 nitrogen and oxygen atoms in total. The summed E-state index contributed by atoms with van der Waals surface area (Å²) in [6.45, 7) is 33.8. The van der Waals surface area contributed by atoms with Crippen molar-refractivity contribution in [3.05, 3.63) is 263 Å². The first-order valence-electron chi connectivity index (χ1n) is 55.1. The lowest BCUT2D eigenvalue weighted by molar-refractivity contribution is 0.0999. The zero-order valence-electron chi connectivity index (χ0n) is 87.0. The van der Waals surface area contributed by atoms with Gasteiger partial charge in [0.05, 0.1) is 108 Å². The maximum Gasteiger partial charge on any atom is 0.195 e. The van der Waals surface area contributed by atoms with E-state index in [1.807, 2.05) is 121 Å². The molecule has 10 aromatic rings. The van der Waals surface area contributed by atoms with E-state index in [4.69, 9.17) is 28.9 Å². The number of carbonyl (C=O) groups excluding carboxylic acids is 5. The van der Waals surface area contributed by atoms with Gasteiger partial charge in [0.1, 0.15) is 30.5 Å². The topological polar surface area (TPSA) is 257 Å². The number of hydrogen-bond donors (Lipinski definition) is 7. The van der Waals surface area contributed by atoms with Crippen LogP contribution in [0, 0.1) is 23.7 Å². The molecular weight excluding hydrogens is 1860 g/mol. The minimum absolute atomic E-state index is 0.0560. The first-order chi connectivity index (χ1) is 72.5. The number of benzene rings is 10. The Labute approximate surface area is 868 Å². The fraction of sp³-hybridized carbons (Fsp3) is 0.458. The fourth-order valence-corrected chi connectivity index (χ4v) is 26.4. The Kier molecular flexibility index (Phi) is 27.1. The third-order valence-corrected chi connectivity index (χ3v) is 34.8.